The number of aromatic nitrogens is 2. The minimum atomic E-state index is -1.16. The maximum atomic E-state index is 4.17. The molecule has 2 rings (SSSR count). The molecule has 0 fully saturated rings. The molecule has 0 atom stereocenters. The number of rotatable bonds is 4. The summed E-state index contributed by atoms with van der Waals surface area (Å²) in [5.41, 5.74) is 1.35. The third-order valence-electron chi connectivity index (χ3n) is 2.52. The van der Waals surface area contributed by atoms with Gasteiger partial charge < -0.3 is 0 Å². The normalized spacial score (nSPS) is 11.7. The van der Waals surface area contributed by atoms with E-state index in [1.54, 1.807) is 18.1 Å². The van der Waals surface area contributed by atoms with Gasteiger partial charge >= 0.3 is 0 Å². The molecule has 0 saturated carbocycles. The highest BCUT2D eigenvalue weighted by molar-refractivity contribution is 8.00. The van der Waals surface area contributed by atoms with Crippen LogP contribution in [0.3, 0.4) is 0 Å². The van der Waals surface area contributed by atoms with Crippen LogP contribution >= 0.6 is 23.3 Å². The topological polar surface area (TPSA) is 25.8 Å². The van der Waals surface area contributed by atoms with Crippen LogP contribution in [0.25, 0.3) is 0 Å². The van der Waals surface area contributed by atoms with Crippen LogP contribution in [0.15, 0.2) is 34.9 Å². The Kier molecular flexibility index (Phi) is 4.01. The zero-order valence-electron chi connectivity index (χ0n) is 10.3. The third kappa shape index (κ3) is 3.66. The van der Waals surface area contributed by atoms with Gasteiger partial charge in [-0.05, 0) is 17.1 Å². The molecule has 0 bridgehead atoms. The number of hydrogen-bond acceptors (Lipinski definition) is 4. The Morgan fingerprint density at radius 3 is 2.41 bits per heavy atom. The van der Waals surface area contributed by atoms with Gasteiger partial charge in [0.1, 0.15) is 6.33 Å². The quantitative estimate of drug-likeness (QED) is 0.634. The minimum Gasteiger partial charge on any atom is -0.216 e. The van der Waals surface area contributed by atoms with Crippen molar-refractivity contribution >= 4 is 36.6 Å². The van der Waals surface area contributed by atoms with Gasteiger partial charge in [-0.25, -0.2) is 4.98 Å². The van der Waals surface area contributed by atoms with Crippen molar-refractivity contribution in [1.29, 1.82) is 0 Å². The van der Waals surface area contributed by atoms with E-state index in [9.17, 15) is 0 Å². The van der Waals surface area contributed by atoms with E-state index in [2.05, 4.69) is 53.3 Å². The summed E-state index contributed by atoms with van der Waals surface area (Å²) in [4.78, 5) is 4.17. The molecular weight excluding hydrogens is 264 g/mol. The molecule has 0 aliphatic carbocycles. The molecule has 1 heterocycles. The van der Waals surface area contributed by atoms with E-state index in [4.69, 9.17) is 0 Å². The van der Waals surface area contributed by atoms with Crippen LogP contribution in [-0.2, 0) is 5.75 Å². The molecule has 2 nitrogen and oxygen atoms in total. The highest BCUT2D eigenvalue weighted by Gasteiger charge is 2.15. The zero-order valence-corrected chi connectivity index (χ0v) is 12.9. The molecule has 5 heteroatoms. The number of thioether (sulfide) groups is 1. The second-order valence-electron chi connectivity index (χ2n) is 4.94. The number of hydrogen-bond donors (Lipinski definition) is 0. The predicted molar refractivity (Wildman–Crippen MR) is 78.9 cm³/mol. The van der Waals surface area contributed by atoms with Crippen LogP contribution in [0.1, 0.15) is 5.56 Å². The van der Waals surface area contributed by atoms with Crippen molar-refractivity contribution in [3.63, 3.8) is 0 Å². The summed E-state index contributed by atoms with van der Waals surface area (Å²) in [7, 11) is -1.16. The van der Waals surface area contributed by atoms with Crippen molar-refractivity contribution in [2.24, 2.45) is 0 Å². The fraction of sp³-hybridized carbons (Fsp3) is 0.333. The van der Waals surface area contributed by atoms with Crippen molar-refractivity contribution in [3.8, 4) is 0 Å². The standard InChI is InChI=1S/C12H16N2S2Si/c1-17(2,3)11-6-4-10(5-7-11)8-15-12-13-9-14-16-12/h4-7,9H,8H2,1-3H3. The van der Waals surface area contributed by atoms with E-state index in [1.807, 2.05) is 0 Å². The number of nitrogens with zero attached hydrogens (tertiary/aromatic N) is 2. The van der Waals surface area contributed by atoms with E-state index in [-0.39, 0.29) is 0 Å². The molecule has 0 aliphatic heterocycles. The van der Waals surface area contributed by atoms with Crippen molar-refractivity contribution in [1.82, 2.24) is 9.36 Å². The summed E-state index contributed by atoms with van der Waals surface area (Å²) in [6.45, 7) is 7.12. The second kappa shape index (κ2) is 5.33. The first-order valence-corrected chi connectivity index (χ1v) is 10.8. The molecule has 1 aromatic carbocycles. The lowest BCUT2D eigenvalue weighted by molar-refractivity contribution is 1.21. The van der Waals surface area contributed by atoms with Gasteiger partial charge in [0.15, 0.2) is 4.34 Å². The molecule has 0 amide bonds. The van der Waals surface area contributed by atoms with Crippen molar-refractivity contribution in [2.45, 2.75) is 29.7 Å². The summed E-state index contributed by atoms with van der Waals surface area (Å²) in [5.74, 6) is 0.973. The van der Waals surface area contributed by atoms with E-state index >= 15 is 0 Å². The molecule has 0 spiro atoms. The maximum absolute atomic E-state index is 4.17. The third-order valence-corrected chi connectivity index (χ3v) is 6.46. The van der Waals surface area contributed by atoms with Crippen LogP contribution in [0.5, 0.6) is 0 Å². The van der Waals surface area contributed by atoms with E-state index in [0.29, 0.717) is 0 Å². The zero-order chi connectivity index (χ0) is 12.3. The second-order valence-corrected chi connectivity index (χ2v) is 12.0. The molecule has 90 valence electrons. The van der Waals surface area contributed by atoms with Gasteiger partial charge in [-0.1, -0.05) is 60.9 Å². The van der Waals surface area contributed by atoms with Crippen molar-refractivity contribution < 1.29 is 0 Å². The van der Waals surface area contributed by atoms with Gasteiger partial charge in [0.25, 0.3) is 0 Å². The Hall–Kier alpha value is -0.653. The molecule has 2 aromatic rings. The van der Waals surface area contributed by atoms with Gasteiger partial charge in [-0.3, -0.25) is 0 Å². The van der Waals surface area contributed by atoms with Gasteiger partial charge in [0.2, 0.25) is 0 Å². The molecule has 0 N–H and O–H groups in total. The van der Waals surface area contributed by atoms with Crippen molar-refractivity contribution in [3.05, 3.63) is 36.2 Å². The molecule has 0 unspecified atom stereocenters. The lowest BCUT2D eigenvalue weighted by atomic mass is 10.2. The molecular formula is C12H16N2S2Si. The van der Waals surface area contributed by atoms with Gasteiger partial charge in [0.05, 0.1) is 8.07 Å². The Morgan fingerprint density at radius 2 is 1.88 bits per heavy atom. The Bertz CT molecular complexity index is 460. The predicted octanol–water partition coefficient (Wildman–Crippen LogP) is 3.38. The maximum Gasteiger partial charge on any atom is 0.170 e. The lowest BCUT2D eigenvalue weighted by Gasteiger charge is -2.16. The Morgan fingerprint density at radius 1 is 1.18 bits per heavy atom. The molecule has 17 heavy (non-hydrogen) atoms. The molecule has 1 aromatic heterocycles. The van der Waals surface area contributed by atoms with Crippen LogP contribution in [0.4, 0.5) is 0 Å². The SMILES string of the molecule is C[Si](C)(C)c1ccc(CSc2ncns2)cc1. The average molecular weight is 280 g/mol. The first-order chi connectivity index (χ1) is 8.05. The fourth-order valence-corrected chi connectivity index (χ4v) is 4.04. The van der Waals surface area contributed by atoms with E-state index in [1.165, 1.54) is 22.3 Å². The smallest absolute Gasteiger partial charge is 0.170 e. The summed E-state index contributed by atoms with van der Waals surface area (Å²) in [5, 5.41) is 1.52. The Balaban J connectivity index is 1.99. The summed E-state index contributed by atoms with van der Waals surface area (Å²) >= 11 is 3.21. The van der Waals surface area contributed by atoms with E-state index in [0.717, 1.165) is 10.1 Å². The monoisotopic (exact) mass is 280 g/mol. The van der Waals surface area contributed by atoms with Crippen LogP contribution in [0, 0.1) is 0 Å². The van der Waals surface area contributed by atoms with Crippen LogP contribution in [0.2, 0.25) is 19.6 Å². The lowest BCUT2D eigenvalue weighted by Crippen LogP contribution is -2.37. The highest BCUT2D eigenvalue weighted by Crippen LogP contribution is 2.22. The molecule has 0 saturated heterocycles. The average Bonchev–Trinajstić information content (AvgIpc) is 2.78. The van der Waals surface area contributed by atoms with Crippen LogP contribution < -0.4 is 5.19 Å². The van der Waals surface area contributed by atoms with Gasteiger partial charge in [-0.2, -0.15) is 4.37 Å². The highest BCUT2D eigenvalue weighted by atomic mass is 32.2. The first-order valence-electron chi connectivity index (χ1n) is 5.54. The van der Waals surface area contributed by atoms with Gasteiger partial charge in [-0.15, -0.1) is 0 Å². The Labute approximate surface area is 112 Å². The van der Waals surface area contributed by atoms with E-state index < -0.39 is 8.07 Å². The summed E-state index contributed by atoms with van der Waals surface area (Å²) in [6.07, 6.45) is 1.61. The minimum absolute atomic E-state index is 0.973. The van der Waals surface area contributed by atoms with Gasteiger partial charge in [0, 0.05) is 5.75 Å². The van der Waals surface area contributed by atoms with Crippen LogP contribution in [-0.4, -0.2) is 17.4 Å². The fourth-order valence-electron chi connectivity index (χ4n) is 1.47. The number of benzene rings is 1. The summed E-state index contributed by atoms with van der Waals surface area (Å²) in [6, 6.07) is 9.04. The molecule has 0 aliphatic rings. The largest absolute Gasteiger partial charge is 0.216 e. The van der Waals surface area contributed by atoms with Crippen molar-refractivity contribution in [2.75, 3.05) is 0 Å². The first kappa shape index (κ1) is 12.8. The summed E-state index contributed by atoms with van der Waals surface area (Å²) < 4.78 is 5.04. The molecule has 0 radical (unpaired) electrons.